The predicted molar refractivity (Wildman–Crippen MR) is 65.5 cm³/mol. The smallest absolute Gasteiger partial charge is 0.152 e. The van der Waals surface area contributed by atoms with Crippen molar-refractivity contribution in [3.8, 4) is 0 Å². The van der Waals surface area contributed by atoms with Crippen molar-refractivity contribution in [2.75, 3.05) is 32.8 Å². The Kier molecular flexibility index (Phi) is 5.16. The van der Waals surface area contributed by atoms with E-state index in [0.29, 0.717) is 5.41 Å². The van der Waals surface area contributed by atoms with Gasteiger partial charge >= 0.3 is 0 Å². The Morgan fingerprint density at radius 1 is 1.38 bits per heavy atom. The quantitative estimate of drug-likeness (QED) is 0.687. The minimum atomic E-state index is 0.127. The average Bonchev–Trinajstić information content (AvgIpc) is 2.06. The van der Waals surface area contributed by atoms with Crippen LogP contribution in [-0.4, -0.2) is 43.5 Å². The molecule has 2 heterocycles. The summed E-state index contributed by atoms with van der Waals surface area (Å²) in [5, 5.41) is 0. The van der Waals surface area contributed by atoms with Crippen LogP contribution in [0.25, 0.3) is 0 Å². The van der Waals surface area contributed by atoms with Crippen LogP contribution in [0, 0.1) is 5.41 Å². The van der Waals surface area contributed by atoms with Crippen molar-refractivity contribution in [2.45, 2.75) is 27.2 Å². The normalized spacial score (nSPS) is 22.2. The number of carbonyl (C=O) groups is 1. The Bertz CT molecular complexity index is 249. The second-order valence-corrected chi connectivity index (χ2v) is 4.88. The van der Waals surface area contributed by atoms with Crippen LogP contribution in [0.1, 0.15) is 27.2 Å². The third-order valence-electron chi connectivity index (χ3n) is 2.65. The SMILES string of the molecule is CC(=O)/C=C/CN1CC2(COC2)C1.CCC. The molecule has 16 heavy (non-hydrogen) atoms. The van der Waals surface area contributed by atoms with Crippen LogP contribution in [0.4, 0.5) is 0 Å². The van der Waals surface area contributed by atoms with Gasteiger partial charge in [-0.05, 0) is 13.0 Å². The molecule has 2 saturated heterocycles. The van der Waals surface area contributed by atoms with Crippen molar-refractivity contribution in [3.63, 3.8) is 0 Å². The van der Waals surface area contributed by atoms with E-state index in [9.17, 15) is 4.79 Å². The zero-order valence-corrected chi connectivity index (χ0v) is 10.7. The molecule has 3 heteroatoms. The number of ketones is 1. The second kappa shape index (κ2) is 6.16. The third-order valence-corrected chi connectivity index (χ3v) is 2.65. The molecule has 0 aromatic heterocycles. The summed E-state index contributed by atoms with van der Waals surface area (Å²) in [5.41, 5.74) is 0.490. The van der Waals surface area contributed by atoms with Gasteiger partial charge in [-0.15, -0.1) is 0 Å². The number of hydrogen-bond donors (Lipinski definition) is 0. The number of allylic oxidation sites excluding steroid dienone is 1. The molecule has 0 saturated carbocycles. The van der Waals surface area contributed by atoms with Crippen LogP contribution in [0.2, 0.25) is 0 Å². The van der Waals surface area contributed by atoms with Gasteiger partial charge in [0.2, 0.25) is 0 Å². The van der Waals surface area contributed by atoms with Gasteiger partial charge in [0, 0.05) is 25.0 Å². The summed E-state index contributed by atoms with van der Waals surface area (Å²) in [6.45, 7) is 10.9. The number of ether oxygens (including phenoxy) is 1. The highest BCUT2D eigenvalue weighted by molar-refractivity contribution is 5.87. The molecule has 92 valence electrons. The molecule has 0 bridgehead atoms. The molecular formula is C13H23NO2. The standard InChI is InChI=1S/C10H15NO2.C3H8/c1-9(12)3-2-4-11-5-10(6-11)7-13-8-10;1-3-2/h2-3H,4-8H2,1H3;3H2,1-2H3/b3-2+;. The second-order valence-electron chi connectivity index (χ2n) is 4.88. The summed E-state index contributed by atoms with van der Waals surface area (Å²) in [4.78, 5) is 12.9. The van der Waals surface area contributed by atoms with Gasteiger partial charge in [0.15, 0.2) is 5.78 Å². The molecule has 0 amide bonds. The molecule has 0 aromatic carbocycles. The van der Waals surface area contributed by atoms with Crippen LogP contribution >= 0.6 is 0 Å². The Hall–Kier alpha value is -0.670. The Labute approximate surface area is 98.5 Å². The van der Waals surface area contributed by atoms with Gasteiger partial charge in [0.05, 0.1) is 13.2 Å². The van der Waals surface area contributed by atoms with E-state index in [1.807, 2.05) is 6.08 Å². The maximum Gasteiger partial charge on any atom is 0.152 e. The molecule has 2 aliphatic rings. The first-order valence-corrected chi connectivity index (χ1v) is 6.09. The van der Waals surface area contributed by atoms with E-state index in [1.165, 1.54) is 6.42 Å². The van der Waals surface area contributed by atoms with Crippen LogP contribution in [0.15, 0.2) is 12.2 Å². The van der Waals surface area contributed by atoms with Crippen LogP contribution in [0.5, 0.6) is 0 Å². The largest absolute Gasteiger partial charge is 0.380 e. The lowest BCUT2D eigenvalue weighted by molar-refractivity contribution is -0.186. The zero-order valence-electron chi connectivity index (χ0n) is 10.7. The summed E-state index contributed by atoms with van der Waals surface area (Å²) >= 11 is 0. The van der Waals surface area contributed by atoms with Crippen LogP contribution in [0.3, 0.4) is 0 Å². The molecule has 2 fully saturated rings. The minimum Gasteiger partial charge on any atom is -0.380 e. The first-order valence-electron chi connectivity index (χ1n) is 6.09. The highest BCUT2D eigenvalue weighted by atomic mass is 16.5. The van der Waals surface area contributed by atoms with Crippen molar-refractivity contribution < 1.29 is 9.53 Å². The fourth-order valence-corrected chi connectivity index (χ4v) is 1.97. The molecule has 2 rings (SSSR count). The maximum atomic E-state index is 10.6. The number of carbonyl (C=O) groups excluding carboxylic acids is 1. The topological polar surface area (TPSA) is 29.5 Å². The van der Waals surface area contributed by atoms with E-state index in [4.69, 9.17) is 4.74 Å². The molecule has 0 unspecified atom stereocenters. The first kappa shape index (κ1) is 13.4. The highest BCUT2D eigenvalue weighted by Gasteiger charge is 2.48. The summed E-state index contributed by atoms with van der Waals surface area (Å²) in [6, 6.07) is 0. The van der Waals surface area contributed by atoms with Gasteiger partial charge in [-0.25, -0.2) is 0 Å². The molecule has 2 aliphatic heterocycles. The van der Waals surface area contributed by atoms with E-state index in [0.717, 1.165) is 32.8 Å². The lowest BCUT2D eigenvalue weighted by Gasteiger charge is -2.54. The van der Waals surface area contributed by atoms with Crippen molar-refractivity contribution in [1.29, 1.82) is 0 Å². The van der Waals surface area contributed by atoms with E-state index >= 15 is 0 Å². The summed E-state index contributed by atoms with van der Waals surface area (Å²) in [7, 11) is 0. The summed E-state index contributed by atoms with van der Waals surface area (Å²) < 4.78 is 5.17. The zero-order chi connectivity index (χ0) is 12.0. The van der Waals surface area contributed by atoms with Gasteiger partial charge < -0.3 is 4.74 Å². The molecule has 0 radical (unpaired) electrons. The van der Waals surface area contributed by atoms with Gasteiger partial charge in [-0.1, -0.05) is 26.3 Å². The molecule has 0 N–H and O–H groups in total. The van der Waals surface area contributed by atoms with E-state index in [2.05, 4.69) is 18.7 Å². The Balaban J connectivity index is 0.000000386. The van der Waals surface area contributed by atoms with Crippen molar-refractivity contribution >= 4 is 5.78 Å². The average molecular weight is 225 g/mol. The van der Waals surface area contributed by atoms with E-state index in [-0.39, 0.29) is 5.78 Å². The highest BCUT2D eigenvalue weighted by Crippen LogP contribution is 2.37. The van der Waals surface area contributed by atoms with Gasteiger partial charge in [0.25, 0.3) is 0 Å². The molecular weight excluding hydrogens is 202 g/mol. The number of likely N-dealkylation sites (tertiary alicyclic amines) is 1. The minimum absolute atomic E-state index is 0.127. The summed E-state index contributed by atoms with van der Waals surface area (Å²) in [6.07, 6.45) is 4.83. The first-order chi connectivity index (χ1) is 7.62. The molecule has 0 aromatic rings. The maximum absolute atomic E-state index is 10.6. The lowest BCUT2D eigenvalue weighted by Crippen LogP contribution is -2.65. The molecule has 3 nitrogen and oxygen atoms in total. The van der Waals surface area contributed by atoms with Gasteiger partial charge in [-0.2, -0.15) is 0 Å². The number of rotatable bonds is 3. The fraction of sp³-hybridized carbons (Fsp3) is 0.769. The monoisotopic (exact) mass is 225 g/mol. The number of nitrogens with zero attached hydrogens (tertiary/aromatic N) is 1. The van der Waals surface area contributed by atoms with Crippen molar-refractivity contribution in [1.82, 2.24) is 4.90 Å². The molecule has 1 spiro atoms. The lowest BCUT2D eigenvalue weighted by atomic mass is 9.78. The predicted octanol–water partition coefficient (Wildman–Crippen LogP) is 1.88. The molecule has 0 atom stereocenters. The molecule has 0 aliphatic carbocycles. The van der Waals surface area contributed by atoms with Crippen molar-refractivity contribution in [3.05, 3.63) is 12.2 Å². The third kappa shape index (κ3) is 3.72. The van der Waals surface area contributed by atoms with Crippen LogP contribution < -0.4 is 0 Å². The van der Waals surface area contributed by atoms with Gasteiger partial charge in [0.1, 0.15) is 0 Å². The number of hydrogen-bond acceptors (Lipinski definition) is 3. The summed E-state index contributed by atoms with van der Waals surface area (Å²) in [5.74, 6) is 0.127. The van der Waals surface area contributed by atoms with Gasteiger partial charge in [-0.3, -0.25) is 9.69 Å². The van der Waals surface area contributed by atoms with Crippen LogP contribution in [-0.2, 0) is 9.53 Å². The van der Waals surface area contributed by atoms with E-state index < -0.39 is 0 Å². The van der Waals surface area contributed by atoms with E-state index in [1.54, 1.807) is 13.0 Å². The fourth-order valence-electron chi connectivity index (χ4n) is 1.97. The Morgan fingerprint density at radius 2 is 1.94 bits per heavy atom. The van der Waals surface area contributed by atoms with Crippen molar-refractivity contribution in [2.24, 2.45) is 5.41 Å². The Morgan fingerprint density at radius 3 is 2.31 bits per heavy atom.